The van der Waals surface area contributed by atoms with E-state index in [4.69, 9.17) is 5.73 Å². The molecule has 3 heteroatoms. The lowest BCUT2D eigenvalue weighted by Gasteiger charge is -2.04. The maximum atomic E-state index is 9.24. The van der Waals surface area contributed by atoms with Crippen molar-refractivity contribution in [1.29, 1.82) is 0 Å². The van der Waals surface area contributed by atoms with Gasteiger partial charge in [-0.05, 0) is 25.5 Å². The second-order valence-electron chi connectivity index (χ2n) is 2.54. The van der Waals surface area contributed by atoms with E-state index in [2.05, 4.69) is 4.98 Å². The minimum Gasteiger partial charge on any atom is -0.506 e. The molecule has 1 heterocycles. The quantitative estimate of drug-likeness (QED) is 0.627. The normalized spacial score (nSPS) is 10.1. The van der Waals surface area contributed by atoms with Gasteiger partial charge in [0.05, 0.1) is 5.69 Å². The van der Waals surface area contributed by atoms with Crippen LogP contribution in [0.4, 0.5) is 0 Å². The number of nitrogens with zero attached hydrogens (tertiary/aromatic N) is 1. The molecular formula is C8H12N2O. The van der Waals surface area contributed by atoms with E-state index in [9.17, 15) is 5.11 Å². The van der Waals surface area contributed by atoms with E-state index < -0.39 is 0 Å². The molecule has 11 heavy (non-hydrogen) atoms. The minimum atomic E-state index is 0.219. The molecule has 1 rings (SSSR count). The van der Waals surface area contributed by atoms with Gasteiger partial charge in [0.2, 0.25) is 0 Å². The third kappa shape index (κ3) is 1.49. The highest BCUT2D eigenvalue weighted by molar-refractivity contribution is 5.33. The Balaban J connectivity index is 3.21. The molecule has 0 amide bonds. The fraction of sp³-hybridized carbons (Fsp3) is 0.375. The highest BCUT2D eigenvalue weighted by atomic mass is 16.3. The lowest BCUT2D eigenvalue weighted by atomic mass is 10.2. The Morgan fingerprint density at radius 1 is 1.45 bits per heavy atom. The molecular weight excluding hydrogens is 140 g/mol. The lowest BCUT2D eigenvalue weighted by molar-refractivity contribution is 0.466. The Hall–Kier alpha value is -1.09. The summed E-state index contributed by atoms with van der Waals surface area (Å²) in [6.45, 7) is 4.07. The van der Waals surface area contributed by atoms with Crippen LogP contribution < -0.4 is 5.73 Å². The molecule has 0 aliphatic rings. The molecule has 0 aromatic carbocycles. The molecule has 0 radical (unpaired) electrons. The minimum absolute atomic E-state index is 0.219. The molecule has 0 unspecified atom stereocenters. The van der Waals surface area contributed by atoms with Crippen LogP contribution in [-0.2, 0) is 6.54 Å². The van der Waals surface area contributed by atoms with Gasteiger partial charge in [0.1, 0.15) is 5.75 Å². The molecule has 0 aliphatic carbocycles. The Morgan fingerprint density at radius 2 is 2.09 bits per heavy atom. The van der Waals surface area contributed by atoms with Crippen LogP contribution in [0.5, 0.6) is 5.75 Å². The number of aromatic hydroxyl groups is 1. The van der Waals surface area contributed by atoms with Crippen molar-refractivity contribution >= 4 is 0 Å². The summed E-state index contributed by atoms with van der Waals surface area (Å²) in [5.74, 6) is 0.219. The summed E-state index contributed by atoms with van der Waals surface area (Å²) in [5, 5.41) is 9.24. The van der Waals surface area contributed by atoms with Gasteiger partial charge in [0, 0.05) is 12.2 Å². The molecule has 0 saturated carbocycles. The third-order valence-electron chi connectivity index (χ3n) is 1.70. The van der Waals surface area contributed by atoms with Gasteiger partial charge in [-0.1, -0.05) is 0 Å². The molecule has 60 valence electrons. The lowest BCUT2D eigenvalue weighted by Crippen LogP contribution is -2.01. The largest absolute Gasteiger partial charge is 0.506 e. The summed E-state index contributed by atoms with van der Waals surface area (Å²) in [6.07, 6.45) is 0. The number of pyridine rings is 1. The summed E-state index contributed by atoms with van der Waals surface area (Å²) in [6, 6.07) is 1.66. The van der Waals surface area contributed by atoms with Gasteiger partial charge in [-0.25, -0.2) is 0 Å². The fourth-order valence-electron chi connectivity index (χ4n) is 0.961. The van der Waals surface area contributed by atoms with Crippen molar-refractivity contribution in [1.82, 2.24) is 4.98 Å². The molecule has 3 N–H and O–H groups in total. The SMILES string of the molecule is Cc1nc(C)c(CN)cc1O. The summed E-state index contributed by atoms with van der Waals surface area (Å²) in [5.41, 5.74) is 7.86. The van der Waals surface area contributed by atoms with E-state index in [1.54, 1.807) is 13.0 Å². The number of rotatable bonds is 1. The maximum Gasteiger partial charge on any atom is 0.137 e. The molecule has 1 aromatic heterocycles. The Bertz CT molecular complexity index is 271. The number of aromatic nitrogens is 1. The Kier molecular flexibility index (Phi) is 2.10. The van der Waals surface area contributed by atoms with E-state index >= 15 is 0 Å². The van der Waals surface area contributed by atoms with E-state index in [1.165, 1.54) is 0 Å². The second-order valence-corrected chi connectivity index (χ2v) is 2.54. The monoisotopic (exact) mass is 152 g/mol. The zero-order valence-electron chi connectivity index (χ0n) is 6.76. The topological polar surface area (TPSA) is 59.1 Å². The zero-order chi connectivity index (χ0) is 8.43. The maximum absolute atomic E-state index is 9.24. The van der Waals surface area contributed by atoms with Crippen molar-refractivity contribution in [3.63, 3.8) is 0 Å². The summed E-state index contributed by atoms with van der Waals surface area (Å²) >= 11 is 0. The van der Waals surface area contributed by atoms with Crippen molar-refractivity contribution < 1.29 is 5.11 Å². The first-order valence-corrected chi connectivity index (χ1v) is 3.51. The van der Waals surface area contributed by atoms with Gasteiger partial charge < -0.3 is 10.8 Å². The summed E-state index contributed by atoms with van der Waals surface area (Å²) in [4.78, 5) is 4.11. The van der Waals surface area contributed by atoms with Gasteiger partial charge in [-0.2, -0.15) is 0 Å². The average molecular weight is 152 g/mol. The predicted octanol–water partition coefficient (Wildman–Crippen LogP) is 0.863. The number of nitrogens with two attached hydrogens (primary N) is 1. The zero-order valence-corrected chi connectivity index (χ0v) is 6.76. The predicted molar refractivity (Wildman–Crippen MR) is 43.3 cm³/mol. The highest BCUT2D eigenvalue weighted by Crippen LogP contribution is 2.17. The number of aryl methyl sites for hydroxylation is 2. The average Bonchev–Trinajstić information content (AvgIpc) is 1.97. The van der Waals surface area contributed by atoms with E-state index in [1.807, 2.05) is 6.92 Å². The van der Waals surface area contributed by atoms with Crippen LogP contribution >= 0.6 is 0 Å². The smallest absolute Gasteiger partial charge is 0.137 e. The van der Waals surface area contributed by atoms with Crippen LogP contribution in [0.2, 0.25) is 0 Å². The van der Waals surface area contributed by atoms with Crippen molar-refractivity contribution in [2.75, 3.05) is 0 Å². The van der Waals surface area contributed by atoms with Crippen molar-refractivity contribution in [3.05, 3.63) is 23.0 Å². The molecule has 3 nitrogen and oxygen atoms in total. The van der Waals surface area contributed by atoms with E-state index in [0.29, 0.717) is 12.2 Å². The van der Waals surface area contributed by atoms with Crippen LogP contribution in [0.1, 0.15) is 17.0 Å². The summed E-state index contributed by atoms with van der Waals surface area (Å²) in [7, 11) is 0. The van der Waals surface area contributed by atoms with Crippen LogP contribution in [0.15, 0.2) is 6.07 Å². The molecule has 0 saturated heterocycles. The first-order chi connectivity index (χ1) is 5.15. The third-order valence-corrected chi connectivity index (χ3v) is 1.70. The van der Waals surface area contributed by atoms with Crippen LogP contribution in [0, 0.1) is 13.8 Å². The van der Waals surface area contributed by atoms with Crippen molar-refractivity contribution in [3.8, 4) is 5.75 Å². The first-order valence-electron chi connectivity index (χ1n) is 3.51. The van der Waals surface area contributed by atoms with Crippen molar-refractivity contribution in [2.24, 2.45) is 5.73 Å². The van der Waals surface area contributed by atoms with Crippen molar-refractivity contribution in [2.45, 2.75) is 20.4 Å². The molecule has 0 bridgehead atoms. The highest BCUT2D eigenvalue weighted by Gasteiger charge is 2.02. The van der Waals surface area contributed by atoms with Crippen LogP contribution in [-0.4, -0.2) is 10.1 Å². The Morgan fingerprint density at radius 3 is 2.64 bits per heavy atom. The van der Waals surface area contributed by atoms with Gasteiger partial charge in [0.25, 0.3) is 0 Å². The number of hydrogen-bond donors (Lipinski definition) is 2. The fourth-order valence-corrected chi connectivity index (χ4v) is 0.961. The standard InChI is InChI=1S/C8H12N2O/c1-5-7(4-9)3-8(11)6(2)10-5/h3,11H,4,9H2,1-2H3. The second kappa shape index (κ2) is 2.88. The van der Waals surface area contributed by atoms with Crippen LogP contribution in [0.3, 0.4) is 0 Å². The molecule has 0 fully saturated rings. The van der Waals surface area contributed by atoms with E-state index in [0.717, 1.165) is 11.3 Å². The van der Waals surface area contributed by atoms with E-state index in [-0.39, 0.29) is 5.75 Å². The molecule has 1 aromatic rings. The number of hydrogen-bond acceptors (Lipinski definition) is 3. The Labute approximate surface area is 65.9 Å². The molecule has 0 spiro atoms. The summed E-state index contributed by atoms with van der Waals surface area (Å²) < 4.78 is 0. The van der Waals surface area contributed by atoms with Gasteiger partial charge in [-0.15, -0.1) is 0 Å². The first kappa shape index (κ1) is 8.01. The van der Waals surface area contributed by atoms with Gasteiger partial charge >= 0.3 is 0 Å². The van der Waals surface area contributed by atoms with Gasteiger partial charge in [-0.3, -0.25) is 4.98 Å². The van der Waals surface area contributed by atoms with Crippen LogP contribution in [0.25, 0.3) is 0 Å². The van der Waals surface area contributed by atoms with Gasteiger partial charge in [0.15, 0.2) is 0 Å². The molecule has 0 atom stereocenters. The molecule has 0 aliphatic heterocycles.